The highest BCUT2D eigenvalue weighted by Gasteiger charge is 2.21. The maximum Gasteiger partial charge on any atom is 0.254 e. The summed E-state index contributed by atoms with van der Waals surface area (Å²) in [5.74, 6) is -0.219. The number of halogens is 1. The summed E-state index contributed by atoms with van der Waals surface area (Å²) in [7, 11) is 1.64. The van der Waals surface area contributed by atoms with Crippen LogP contribution in [0.25, 0.3) is 11.0 Å². The van der Waals surface area contributed by atoms with Gasteiger partial charge in [-0.3, -0.25) is 19.6 Å². The van der Waals surface area contributed by atoms with Gasteiger partial charge in [0.05, 0.1) is 17.6 Å². The summed E-state index contributed by atoms with van der Waals surface area (Å²) < 4.78 is 0. The molecule has 0 saturated carbocycles. The van der Waals surface area contributed by atoms with Gasteiger partial charge in [0.15, 0.2) is 0 Å². The van der Waals surface area contributed by atoms with E-state index in [0.29, 0.717) is 24.2 Å². The van der Waals surface area contributed by atoms with Crippen LogP contribution in [-0.2, 0) is 4.79 Å². The summed E-state index contributed by atoms with van der Waals surface area (Å²) in [5.41, 5.74) is 1.91. The highest BCUT2D eigenvalue weighted by Crippen LogP contribution is 2.12. The second-order valence-electron chi connectivity index (χ2n) is 5.55. The van der Waals surface area contributed by atoms with Crippen molar-refractivity contribution in [2.45, 2.75) is 0 Å². The van der Waals surface area contributed by atoms with Crippen molar-refractivity contribution in [2.75, 3.05) is 39.8 Å². The van der Waals surface area contributed by atoms with Gasteiger partial charge in [-0.05, 0) is 18.2 Å². The van der Waals surface area contributed by atoms with Crippen LogP contribution in [0.15, 0.2) is 30.6 Å². The van der Waals surface area contributed by atoms with E-state index < -0.39 is 0 Å². The molecule has 1 aliphatic rings. The molecule has 128 valence electrons. The summed E-state index contributed by atoms with van der Waals surface area (Å²) in [6.07, 6.45) is 3.20. The third-order valence-electron chi connectivity index (χ3n) is 3.91. The van der Waals surface area contributed by atoms with Gasteiger partial charge < -0.3 is 15.1 Å². The fourth-order valence-electron chi connectivity index (χ4n) is 2.61. The van der Waals surface area contributed by atoms with E-state index >= 15 is 0 Å². The lowest BCUT2D eigenvalue weighted by molar-refractivity contribution is -0.132. The van der Waals surface area contributed by atoms with Gasteiger partial charge >= 0.3 is 0 Å². The van der Waals surface area contributed by atoms with Gasteiger partial charge in [-0.1, -0.05) is 0 Å². The lowest BCUT2D eigenvalue weighted by atomic mass is 10.1. The number of aromatic nitrogens is 2. The number of benzene rings is 1. The van der Waals surface area contributed by atoms with Crippen molar-refractivity contribution in [3.63, 3.8) is 0 Å². The monoisotopic (exact) mass is 349 g/mol. The van der Waals surface area contributed by atoms with Crippen molar-refractivity contribution in [1.29, 1.82) is 0 Å². The zero-order chi connectivity index (χ0) is 16.2. The summed E-state index contributed by atoms with van der Waals surface area (Å²) in [5, 5.41) is 3.20. The van der Waals surface area contributed by atoms with E-state index in [1.165, 1.54) is 4.90 Å². The third kappa shape index (κ3) is 3.98. The second-order valence-corrected chi connectivity index (χ2v) is 5.55. The molecule has 1 aromatic heterocycles. The Morgan fingerprint density at radius 3 is 2.54 bits per heavy atom. The van der Waals surface area contributed by atoms with Crippen molar-refractivity contribution in [3.8, 4) is 0 Å². The molecular formula is C16H20ClN5O2. The molecular weight excluding hydrogens is 330 g/mol. The third-order valence-corrected chi connectivity index (χ3v) is 3.91. The fourth-order valence-corrected chi connectivity index (χ4v) is 2.61. The van der Waals surface area contributed by atoms with E-state index in [0.717, 1.165) is 18.6 Å². The molecule has 8 heteroatoms. The Hall–Kier alpha value is -2.25. The van der Waals surface area contributed by atoms with Crippen LogP contribution in [0.3, 0.4) is 0 Å². The quantitative estimate of drug-likeness (QED) is 0.875. The number of carbonyl (C=O) groups is 2. The molecule has 0 spiro atoms. The Bertz CT molecular complexity index is 733. The second kappa shape index (κ2) is 8.03. The van der Waals surface area contributed by atoms with Crippen molar-refractivity contribution in [3.05, 3.63) is 36.2 Å². The van der Waals surface area contributed by atoms with Crippen LogP contribution in [-0.4, -0.2) is 71.4 Å². The van der Waals surface area contributed by atoms with Gasteiger partial charge in [-0.2, -0.15) is 0 Å². The number of nitrogens with one attached hydrogen (secondary N) is 1. The van der Waals surface area contributed by atoms with Crippen LogP contribution in [0.1, 0.15) is 10.4 Å². The van der Waals surface area contributed by atoms with Crippen LogP contribution in [0.4, 0.5) is 0 Å². The number of likely N-dealkylation sites (N-methyl/N-ethyl adjacent to an activating group) is 1. The molecule has 2 heterocycles. The molecule has 0 unspecified atom stereocenters. The van der Waals surface area contributed by atoms with E-state index in [1.807, 2.05) is 0 Å². The van der Waals surface area contributed by atoms with Gasteiger partial charge in [-0.25, -0.2) is 0 Å². The molecule has 0 radical (unpaired) electrons. The fraction of sp³-hybridized carbons (Fsp3) is 0.375. The highest BCUT2D eigenvalue weighted by molar-refractivity contribution is 5.98. The van der Waals surface area contributed by atoms with Gasteiger partial charge in [-0.15, -0.1) is 12.4 Å². The molecule has 0 atom stereocenters. The van der Waals surface area contributed by atoms with Crippen LogP contribution in [0, 0.1) is 0 Å². The van der Waals surface area contributed by atoms with Crippen LogP contribution in [0.2, 0.25) is 0 Å². The molecule has 0 aliphatic carbocycles. The number of hydrogen-bond acceptors (Lipinski definition) is 5. The average molecular weight is 350 g/mol. The lowest BCUT2D eigenvalue weighted by Gasteiger charge is -2.29. The molecule has 1 N–H and O–H groups in total. The molecule has 1 fully saturated rings. The predicted octanol–water partition coefficient (Wildman–Crippen LogP) is 0.555. The zero-order valence-electron chi connectivity index (χ0n) is 13.4. The molecule has 1 saturated heterocycles. The Morgan fingerprint density at radius 2 is 1.83 bits per heavy atom. The van der Waals surface area contributed by atoms with E-state index in [4.69, 9.17) is 0 Å². The zero-order valence-corrected chi connectivity index (χ0v) is 14.3. The molecule has 3 rings (SSSR count). The molecule has 24 heavy (non-hydrogen) atoms. The van der Waals surface area contributed by atoms with Gasteiger partial charge in [0.1, 0.15) is 0 Å². The maximum absolute atomic E-state index is 12.5. The molecule has 2 amide bonds. The average Bonchev–Trinajstić information content (AvgIpc) is 2.61. The van der Waals surface area contributed by atoms with Gasteiger partial charge in [0, 0.05) is 51.2 Å². The number of hydrogen-bond donors (Lipinski definition) is 1. The number of carbonyl (C=O) groups excluding carboxylic acids is 2. The lowest BCUT2D eigenvalue weighted by Crippen LogP contribution is -2.49. The number of piperazine rings is 1. The van der Waals surface area contributed by atoms with Gasteiger partial charge in [0.25, 0.3) is 5.91 Å². The predicted molar refractivity (Wildman–Crippen MR) is 93.2 cm³/mol. The number of nitrogens with zero attached hydrogens (tertiary/aromatic N) is 4. The van der Waals surface area contributed by atoms with Crippen LogP contribution >= 0.6 is 12.4 Å². The van der Waals surface area contributed by atoms with E-state index in [9.17, 15) is 9.59 Å². The normalized spacial score (nSPS) is 14.1. The summed E-state index contributed by atoms with van der Waals surface area (Å²) >= 11 is 0. The topological polar surface area (TPSA) is 78.4 Å². The van der Waals surface area contributed by atoms with E-state index in [-0.39, 0.29) is 30.8 Å². The molecule has 1 aromatic carbocycles. The molecule has 0 bridgehead atoms. The first-order chi connectivity index (χ1) is 11.1. The Kier molecular flexibility index (Phi) is 6.05. The van der Waals surface area contributed by atoms with Crippen LogP contribution in [0.5, 0.6) is 0 Å². The van der Waals surface area contributed by atoms with Crippen molar-refractivity contribution in [2.24, 2.45) is 0 Å². The minimum atomic E-state index is -0.193. The van der Waals surface area contributed by atoms with Crippen molar-refractivity contribution >= 4 is 35.3 Å². The van der Waals surface area contributed by atoms with Crippen molar-refractivity contribution < 1.29 is 9.59 Å². The summed E-state index contributed by atoms with van der Waals surface area (Å²) in [4.78, 5) is 36.4. The van der Waals surface area contributed by atoms with E-state index in [2.05, 4.69) is 15.3 Å². The van der Waals surface area contributed by atoms with Crippen molar-refractivity contribution in [1.82, 2.24) is 25.1 Å². The molecule has 2 aromatic rings. The standard InChI is InChI=1S/C16H19N5O2.ClH/c1-20(11-15(22)21-8-6-17-7-9-21)16(23)12-2-3-13-14(10-12)19-5-4-18-13;/h2-5,10,17H,6-9,11H2,1H3;1H. The van der Waals surface area contributed by atoms with Gasteiger partial charge in [0.2, 0.25) is 5.91 Å². The Balaban J connectivity index is 0.00000208. The van der Waals surface area contributed by atoms with Crippen LogP contribution < -0.4 is 5.32 Å². The largest absolute Gasteiger partial charge is 0.339 e. The number of rotatable bonds is 3. The highest BCUT2D eigenvalue weighted by atomic mass is 35.5. The maximum atomic E-state index is 12.5. The van der Waals surface area contributed by atoms with E-state index in [1.54, 1.807) is 42.5 Å². The first-order valence-corrected chi connectivity index (χ1v) is 7.60. The first-order valence-electron chi connectivity index (χ1n) is 7.60. The molecule has 1 aliphatic heterocycles. The molecule has 7 nitrogen and oxygen atoms in total. The first kappa shape index (κ1) is 18.1. The Labute approximate surface area is 146 Å². The minimum Gasteiger partial charge on any atom is -0.339 e. The minimum absolute atomic E-state index is 0. The SMILES string of the molecule is CN(CC(=O)N1CCNCC1)C(=O)c1ccc2nccnc2c1.Cl. The summed E-state index contributed by atoms with van der Waals surface area (Å²) in [6, 6.07) is 5.18. The number of amides is 2. The smallest absolute Gasteiger partial charge is 0.254 e. The summed E-state index contributed by atoms with van der Waals surface area (Å²) in [6.45, 7) is 3.05. The number of fused-ring (bicyclic) bond motifs is 1. The Morgan fingerprint density at radius 1 is 1.17 bits per heavy atom.